The van der Waals surface area contributed by atoms with Gasteiger partial charge in [-0.25, -0.2) is 13.1 Å². The molecular weight excluding hydrogens is 454 g/mol. The number of thioether (sulfide) groups is 1. The largest absolute Gasteiger partial charge is 0.249 e. The quantitative estimate of drug-likeness (QED) is 0.364. The van der Waals surface area contributed by atoms with Gasteiger partial charge in [-0.15, -0.1) is 0 Å². The molecule has 0 saturated heterocycles. The van der Waals surface area contributed by atoms with Crippen molar-refractivity contribution in [1.29, 1.82) is 0 Å². The molecule has 0 heterocycles. The maximum atomic E-state index is 13.5. The number of nitrogens with one attached hydrogen (secondary N) is 1. The van der Waals surface area contributed by atoms with Crippen LogP contribution in [0, 0.1) is 13.8 Å². The van der Waals surface area contributed by atoms with Crippen LogP contribution in [-0.2, 0) is 21.8 Å². The Bertz CT molecular complexity index is 1070. The van der Waals surface area contributed by atoms with Gasteiger partial charge in [0.2, 0.25) is 0 Å². The fraction of sp³-hybridized carbons (Fsp3) is 0.308. The first-order chi connectivity index (χ1) is 15.4. The highest BCUT2D eigenvalue weighted by Crippen LogP contribution is 2.37. The second kappa shape index (κ2) is 11.9. The summed E-state index contributed by atoms with van der Waals surface area (Å²) in [7, 11) is -2.59. The molecule has 0 aliphatic heterocycles. The SMILES string of the molecule is CCC[C@@H](NS(=O)c1ccc(C)cc1)[C@@H](SC)c1ccccc1S(=O)c1ccc(C)cc1. The molecule has 32 heavy (non-hydrogen) atoms. The molecule has 0 aliphatic carbocycles. The number of benzene rings is 3. The van der Waals surface area contributed by atoms with Crippen LogP contribution in [0.2, 0.25) is 0 Å². The van der Waals surface area contributed by atoms with Gasteiger partial charge in [0, 0.05) is 21.1 Å². The van der Waals surface area contributed by atoms with Crippen LogP contribution in [0.25, 0.3) is 0 Å². The predicted octanol–water partition coefficient (Wildman–Crippen LogP) is 6.36. The minimum atomic E-state index is -1.31. The standard InChI is InChI=1S/C26H31NO2S3/c1-5-8-24(27-32(29)22-17-13-20(3)14-18-22)26(30-4)23-9-6-7-10-25(23)31(28)21-15-11-19(2)12-16-21/h6-7,9-18,24,26-27H,5,8H2,1-4H3/t24-,26+,31?,32?/m1/s1. The molecule has 4 atom stereocenters. The fourth-order valence-electron chi connectivity index (χ4n) is 3.63. The van der Waals surface area contributed by atoms with Crippen LogP contribution in [0.1, 0.15) is 41.7 Å². The first-order valence-corrected chi connectivity index (χ1v) is 14.4. The third-order valence-corrected chi connectivity index (χ3v) is 9.15. The molecule has 3 rings (SSSR count). The zero-order valence-corrected chi connectivity index (χ0v) is 21.5. The van der Waals surface area contributed by atoms with E-state index in [9.17, 15) is 8.42 Å². The summed E-state index contributed by atoms with van der Waals surface area (Å²) in [5.74, 6) is 0. The minimum Gasteiger partial charge on any atom is -0.249 e. The third-order valence-electron chi connectivity index (χ3n) is 5.37. The van der Waals surface area contributed by atoms with Crippen LogP contribution in [0.3, 0.4) is 0 Å². The number of aryl methyl sites for hydroxylation is 2. The molecule has 0 aromatic heterocycles. The van der Waals surface area contributed by atoms with Gasteiger partial charge in [0.1, 0.15) is 11.0 Å². The van der Waals surface area contributed by atoms with Crippen LogP contribution in [-0.4, -0.2) is 20.7 Å². The third kappa shape index (κ3) is 6.19. The lowest BCUT2D eigenvalue weighted by Gasteiger charge is -2.28. The molecule has 0 spiro atoms. The summed E-state index contributed by atoms with van der Waals surface area (Å²) in [4.78, 5) is 2.39. The van der Waals surface area contributed by atoms with Crippen molar-refractivity contribution in [2.45, 2.75) is 59.6 Å². The topological polar surface area (TPSA) is 46.2 Å². The summed E-state index contributed by atoms with van der Waals surface area (Å²) in [5, 5.41) is 0.0231. The van der Waals surface area contributed by atoms with Crippen molar-refractivity contribution in [2.75, 3.05) is 6.26 Å². The van der Waals surface area contributed by atoms with Crippen LogP contribution < -0.4 is 4.72 Å². The monoisotopic (exact) mass is 485 g/mol. The van der Waals surface area contributed by atoms with Crippen LogP contribution >= 0.6 is 11.8 Å². The zero-order valence-electron chi connectivity index (χ0n) is 19.0. The molecule has 3 aromatic carbocycles. The Morgan fingerprint density at radius 3 is 1.97 bits per heavy atom. The molecule has 0 aliphatic rings. The van der Waals surface area contributed by atoms with E-state index in [4.69, 9.17) is 0 Å². The number of hydrogen-bond acceptors (Lipinski definition) is 3. The van der Waals surface area contributed by atoms with E-state index in [1.165, 1.54) is 0 Å². The molecule has 0 bridgehead atoms. The first-order valence-electron chi connectivity index (χ1n) is 10.8. The Kier molecular flexibility index (Phi) is 9.29. The van der Waals surface area contributed by atoms with Crippen molar-refractivity contribution in [1.82, 2.24) is 4.72 Å². The van der Waals surface area contributed by atoms with Crippen molar-refractivity contribution in [2.24, 2.45) is 0 Å². The summed E-state index contributed by atoms with van der Waals surface area (Å²) in [6, 6.07) is 23.6. The Labute approximate surface area is 201 Å². The normalized spacial score (nSPS) is 15.1. The molecule has 3 nitrogen and oxygen atoms in total. The van der Waals surface area contributed by atoms with Gasteiger partial charge >= 0.3 is 0 Å². The zero-order chi connectivity index (χ0) is 23.1. The molecular formula is C26H31NO2S3. The van der Waals surface area contributed by atoms with Gasteiger partial charge in [0.05, 0.1) is 15.7 Å². The maximum Gasteiger partial charge on any atom is 0.125 e. The van der Waals surface area contributed by atoms with Gasteiger partial charge < -0.3 is 0 Å². The van der Waals surface area contributed by atoms with Crippen LogP contribution in [0.4, 0.5) is 0 Å². The lowest BCUT2D eigenvalue weighted by atomic mass is 10.0. The molecule has 0 amide bonds. The van der Waals surface area contributed by atoms with Crippen LogP contribution in [0.5, 0.6) is 0 Å². The lowest BCUT2D eigenvalue weighted by Crippen LogP contribution is -2.35. The van der Waals surface area contributed by atoms with Crippen molar-refractivity contribution in [3.8, 4) is 0 Å². The Hall–Kier alpha value is -1.73. The maximum absolute atomic E-state index is 13.5. The van der Waals surface area contributed by atoms with Crippen molar-refractivity contribution in [3.05, 3.63) is 89.5 Å². The highest BCUT2D eigenvalue weighted by Gasteiger charge is 2.27. The fourth-order valence-corrected chi connectivity index (χ4v) is 7.08. The summed E-state index contributed by atoms with van der Waals surface area (Å²) in [6.07, 6.45) is 3.90. The molecule has 170 valence electrons. The molecule has 0 fully saturated rings. The van der Waals surface area contributed by atoms with E-state index in [0.29, 0.717) is 0 Å². The van der Waals surface area contributed by atoms with E-state index in [2.05, 4.69) is 24.0 Å². The van der Waals surface area contributed by atoms with E-state index in [1.54, 1.807) is 11.8 Å². The highest BCUT2D eigenvalue weighted by atomic mass is 32.2. The average Bonchev–Trinajstić information content (AvgIpc) is 2.80. The molecule has 2 unspecified atom stereocenters. The van der Waals surface area contributed by atoms with Gasteiger partial charge in [-0.1, -0.05) is 66.9 Å². The highest BCUT2D eigenvalue weighted by molar-refractivity contribution is 7.99. The summed E-state index contributed by atoms with van der Waals surface area (Å²) >= 11 is 1.71. The van der Waals surface area contributed by atoms with Crippen molar-refractivity contribution >= 4 is 33.5 Å². The van der Waals surface area contributed by atoms with Gasteiger partial charge in [-0.2, -0.15) is 11.8 Å². The average molecular weight is 486 g/mol. The minimum absolute atomic E-state index is 0.0201. The first kappa shape index (κ1) is 24.9. The molecule has 3 aromatic rings. The van der Waals surface area contributed by atoms with Crippen molar-refractivity contribution in [3.63, 3.8) is 0 Å². The predicted molar refractivity (Wildman–Crippen MR) is 138 cm³/mol. The summed E-state index contributed by atoms with van der Waals surface area (Å²) in [6.45, 7) is 6.19. The second-order valence-electron chi connectivity index (χ2n) is 7.87. The Morgan fingerprint density at radius 2 is 1.41 bits per heavy atom. The van der Waals surface area contributed by atoms with Gasteiger partial charge in [-0.05, 0) is 62.4 Å². The number of hydrogen-bond donors (Lipinski definition) is 1. The molecule has 6 heteroatoms. The van der Waals surface area contributed by atoms with E-state index in [0.717, 1.165) is 44.2 Å². The van der Waals surface area contributed by atoms with Gasteiger partial charge in [-0.3, -0.25) is 0 Å². The van der Waals surface area contributed by atoms with E-state index >= 15 is 0 Å². The van der Waals surface area contributed by atoms with E-state index < -0.39 is 21.8 Å². The molecule has 0 saturated carbocycles. The summed E-state index contributed by atoms with van der Waals surface area (Å²) < 4.78 is 29.9. The smallest absolute Gasteiger partial charge is 0.125 e. The lowest BCUT2D eigenvalue weighted by molar-refractivity contribution is 0.541. The van der Waals surface area contributed by atoms with E-state index in [-0.39, 0.29) is 11.3 Å². The summed E-state index contributed by atoms with van der Waals surface area (Å²) in [5.41, 5.74) is 3.32. The van der Waals surface area contributed by atoms with E-state index in [1.807, 2.05) is 80.6 Å². The molecule has 1 N–H and O–H groups in total. The van der Waals surface area contributed by atoms with Crippen molar-refractivity contribution < 1.29 is 8.42 Å². The van der Waals surface area contributed by atoms with Gasteiger partial charge in [0.25, 0.3) is 0 Å². The Morgan fingerprint density at radius 1 is 0.844 bits per heavy atom. The number of rotatable bonds is 10. The van der Waals surface area contributed by atoms with Gasteiger partial charge in [0.15, 0.2) is 0 Å². The van der Waals surface area contributed by atoms with Crippen LogP contribution in [0.15, 0.2) is 87.5 Å². The Balaban J connectivity index is 1.92. The molecule has 0 radical (unpaired) electrons. The second-order valence-corrected chi connectivity index (χ2v) is 11.5.